The van der Waals surface area contributed by atoms with Crippen LogP contribution in [-0.2, 0) is 12.4 Å². The Kier molecular flexibility index (Phi) is 6.57. The molecule has 0 aliphatic rings. The average molecular weight is 561 g/mol. The monoisotopic (exact) mass is 561 g/mol. The second kappa shape index (κ2) is 9.91. The number of hydrogen-bond acceptors (Lipinski definition) is 6. The molecule has 0 aliphatic carbocycles. The van der Waals surface area contributed by atoms with Gasteiger partial charge in [0.15, 0.2) is 5.65 Å². The predicted molar refractivity (Wildman–Crippen MR) is 129 cm³/mol. The quantitative estimate of drug-likeness (QED) is 0.209. The van der Waals surface area contributed by atoms with Gasteiger partial charge in [-0.3, -0.25) is 4.79 Å². The molecule has 15 heteroatoms. The van der Waals surface area contributed by atoms with Crippen LogP contribution >= 0.6 is 0 Å². The minimum Gasteiger partial charge on any atom is -0.341 e. The lowest BCUT2D eigenvalue weighted by Crippen LogP contribution is -2.17. The summed E-state index contributed by atoms with van der Waals surface area (Å²) < 4.78 is 93.7. The van der Waals surface area contributed by atoms with Gasteiger partial charge in [0.25, 0.3) is 5.91 Å². The minimum atomic E-state index is -5.16. The molecule has 3 aromatic heterocycles. The lowest BCUT2D eigenvalue weighted by Gasteiger charge is -2.15. The summed E-state index contributed by atoms with van der Waals surface area (Å²) in [5, 5.41) is 4.98. The van der Waals surface area contributed by atoms with Gasteiger partial charge in [-0.1, -0.05) is 0 Å². The summed E-state index contributed by atoms with van der Waals surface area (Å²) in [6, 6.07) is 7.08. The topological polar surface area (TPSA) is 108 Å². The van der Waals surface area contributed by atoms with E-state index in [-0.39, 0.29) is 29.7 Å². The van der Waals surface area contributed by atoms with Crippen LogP contribution in [0.15, 0.2) is 67.4 Å². The number of hydrogen-bond donors (Lipinski definition) is 3. The summed E-state index contributed by atoms with van der Waals surface area (Å²) in [6.45, 7) is 0. The van der Waals surface area contributed by atoms with Gasteiger partial charge in [-0.2, -0.15) is 26.3 Å². The van der Waals surface area contributed by atoms with E-state index in [4.69, 9.17) is 0 Å². The van der Waals surface area contributed by atoms with Gasteiger partial charge in [0.2, 0.25) is 0 Å². The number of alkyl halides is 6. The van der Waals surface area contributed by atoms with Gasteiger partial charge < -0.3 is 15.6 Å². The second-order valence-electron chi connectivity index (χ2n) is 8.29. The molecular weight excluding hydrogens is 547 g/mol. The number of anilines is 3. The molecule has 0 saturated heterocycles. The molecule has 0 spiro atoms. The normalized spacial score (nSPS) is 12.0. The van der Waals surface area contributed by atoms with Crippen LogP contribution in [0, 0.1) is 5.82 Å². The number of fused-ring (bicyclic) bond motifs is 1. The maximum absolute atomic E-state index is 14.6. The molecule has 0 bridgehead atoms. The van der Waals surface area contributed by atoms with Crippen LogP contribution in [-0.4, -0.2) is 30.8 Å². The summed E-state index contributed by atoms with van der Waals surface area (Å²) in [6.07, 6.45) is -6.11. The van der Waals surface area contributed by atoms with Gasteiger partial charge in [-0.25, -0.2) is 24.3 Å². The Morgan fingerprint density at radius 1 is 0.850 bits per heavy atom. The van der Waals surface area contributed by atoms with E-state index in [0.29, 0.717) is 22.4 Å². The Hall–Kier alpha value is -5.08. The fourth-order valence-corrected chi connectivity index (χ4v) is 3.78. The summed E-state index contributed by atoms with van der Waals surface area (Å²) in [5.41, 5.74) is -2.78. The van der Waals surface area contributed by atoms with E-state index < -0.39 is 46.5 Å². The first-order chi connectivity index (χ1) is 18.9. The number of pyridine rings is 1. The molecule has 5 aromatic rings. The first-order valence-electron chi connectivity index (χ1n) is 11.2. The molecule has 0 unspecified atom stereocenters. The maximum Gasteiger partial charge on any atom is 0.416 e. The van der Waals surface area contributed by atoms with Crippen molar-refractivity contribution in [3.05, 3.63) is 89.9 Å². The Morgan fingerprint density at radius 2 is 1.57 bits per heavy atom. The van der Waals surface area contributed by atoms with Crippen molar-refractivity contribution in [2.24, 2.45) is 0 Å². The number of rotatable bonds is 5. The molecule has 0 fully saturated rings. The van der Waals surface area contributed by atoms with E-state index >= 15 is 0 Å². The van der Waals surface area contributed by atoms with E-state index in [2.05, 4.69) is 30.2 Å². The highest BCUT2D eigenvalue weighted by atomic mass is 19.4. The number of halogens is 7. The van der Waals surface area contributed by atoms with Crippen LogP contribution < -0.4 is 10.6 Å². The average Bonchev–Trinajstić information content (AvgIpc) is 3.39. The fraction of sp³-hybridized carbons (Fsp3) is 0.0800. The SMILES string of the molecule is O=C(Nc1cc(Nc2ncccc2-c2ncnc3nc[nH]c23)ccc1F)c1cc(C(F)(F)F)cc(C(F)(F)F)c1. The summed E-state index contributed by atoms with van der Waals surface area (Å²) in [4.78, 5) is 32.3. The van der Waals surface area contributed by atoms with E-state index in [0.717, 1.165) is 12.1 Å². The van der Waals surface area contributed by atoms with Gasteiger partial charge in [0.05, 0.1) is 23.1 Å². The molecule has 0 aliphatic heterocycles. The number of aromatic nitrogens is 5. The van der Waals surface area contributed by atoms with Crippen molar-refractivity contribution in [1.82, 2.24) is 24.9 Å². The number of H-pyrrole nitrogens is 1. The number of aromatic amines is 1. The van der Waals surface area contributed by atoms with Gasteiger partial charge in [-0.15, -0.1) is 0 Å². The van der Waals surface area contributed by atoms with Crippen molar-refractivity contribution in [3.8, 4) is 11.3 Å². The van der Waals surface area contributed by atoms with Crippen molar-refractivity contribution in [1.29, 1.82) is 0 Å². The molecule has 204 valence electrons. The van der Waals surface area contributed by atoms with E-state index in [1.54, 1.807) is 12.1 Å². The van der Waals surface area contributed by atoms with E-state index in [9.17, 15) is 35.5 Å². The molecule has 2 aromatic carbocycles. The summed E-state index contributed by atoms with van der Waals surface area (Å²) in [5.74, 6) is -2.11. The van der Waals surface area contributed by atoms with Gasteiger partial charge >= 0.3 is 12.4 Å². The zero-order valence-corrected chi connectivity index (χ0v) is 19.7. The number of amides is 1. The van der Waals surface area contributed by atoms with Crippen LogP contribution in [0.2, 0.25) is 0 Å². The third kappa shape index (κ3) is 5.39. The highest BCUT2D eigenvalue weighted by molar-refractivity contribution is 6.05. The van der Waals surface area contributed by atoms with E-state index in [1.165, 1.54) is 24.9 Å². The molecule has 0 radical (unpaired) electrons. The molecule has 0 atom stereocenters. The number of nitrogens with one attached hydrogen (secondary N) is 3. The molecular formula is C25H14F7N7O. The van der Waals surface area contributed by atoms with Crippen molar-refractivity contribution >= 4 is 34.3 Å². The number of benzene rings is 2. The Morgan fingerprint density at radius 3 is 2.27 bits per heavy atom. The highest BCUT2D eigenvalue weighted by Crippen LogP contribution is 2.37. The zero-order chi connectivity index (χ0) is 28.7. The number of carbonyl (C=O) groups is 1. The van der Waals surface area contributed by atoms with Gasteiger partial charge in [-0.05, 0) is 48.5 Å². The maximum atomic E-state index is 14.6. The molecule has 40 heavy (non-hydrogen) atoms. The minimum absolute atomic E-state index is 0.110. The molecule has 3 heterocycles. The van der Waals surface area contributed by atoms with Crippen LogP contribution in [0.5, 0.6) is 0 Å². The van der Waals surface area contributed by atoms with Gasteiger partial charge in [0, 0.05) is 23.0 Å². The first-order valence-corrected chi connectivity index (χ1v) is 11.2. The predicted octanol–water partition coefficient (Wildman–Crippen LogP) is 6.59. The lowest BCUT2D eigenvalue weighted by atomic mass is 10.0. The van der Waals surface area contributed by atoms with Gasteiger partial charge in [0.1, 0.15) is 29.2 Å². The zero-order valence-electron chi connectivity index (χ0n) is 19.7. The van der Waals surface area contributed by atoms with Crippen LogP contribution in [0.3, 0.4) is 0 Å². The van der Waals surface area contributed by atoms with Crippen molar-refractivity contribution < 1.29 is 35.5 Å². The van der Waals surface area contributed by atoms with Crippen molar-refractivity contribution in [2.45, 2.75) is 12.4 Å². The molecule has 3 N–H and O–H groups in total. The lowest BCUT2D eigenvalue weighted by molar-refractivity contribution is -0.143. The van der Waals surface area contributed by atoms with Crippen LogP contribution in [0.25, 0.3) is 22.4 Å². The Balaban J connectivity index is 1.46. The molecule has 1 amide bonds. The fourth-order valence-electron chi connectivity index (χ4n) is 3.78. The Labute approximate surface area is 219 Å². The standard InChI is InChI=1S/C25H14F7N7O/c26-17-4-3-15(38-21-16(2-1-5-33-21)19-20-22(36-10-34-19)37-11-35-20)9-18(17)39-23(40)12-6-13(24(27,28)29)8-14(7-12)25(30,31)32/h1-11H,(H,33,38)(H,39,40)(H,34,35,36,37). The van der Waals surface area contributed by atoms with Crippen molar-refractivity contribution in [2.75, 3.05) is 10.6 Å². The van der Waals surface area contributed by atoms with Crippen molar-refractivity contribution in [3.63, 3.8) is 0 Å². The number of imidazole rings is 1. The summed E-state index contributed by atoms with van der Waals surface area (Å²) in [7, 11) is 0. The number of nitrogens with zero attached hydrogens (tertiary/aromatic N) is 4. The Bertz CT molecular complexity index is 1700. The largest absolute Gasteiger partial charge is 0.416 e. The third-order valence-electron chi connectivity index (χ3n) is 5.61. The number of carbonyl (C=O) groups excluding carboxylic acids is 1. The first kappa shape index (κ1) is 26.5. The third-order valence-corrected chi connectivity index (χ3v) is 5.61. The van der Waals surface area contributed by atoms with Crippen LogP contribution in [0.4, 0.5) is 47.9 Å². The molecule has 8 nitrogen and oxygen atoms in total. The smallest absolute Gasteiger partial charge is 0.341 e. The highest BCUT2D eigenvalue weighted by Gasteiger charge is 2.37. The summed E-state index contributed by atoms with van der Waals surface area (Å²) >= 11 is 0. The second-order valence-corrected chi connectivity index (χ2v) is 8.29. The van der Waals surface area contributed by atoms with E-state index in [1.807, 2.05) is 5.32 Å². The molecule has 0 saturated carbocycles. The van der Waals surface area contributed by atoms with Crippen LogP contribution in [0.1, 0.15) is 21.5 Å². The molecule has 5 rings (SSSR count).